The molecular weight excluding hydrogens is 443 g/mol. The second-order valence-corrected chi connectivity index (χ2v) is 5.83. The number of nitrogens with one attached hydrogen (secondary N) is 2. The number of halogens is 1. The van der Waals surface area contributed by atoms with Gasteiger partial charge in [0.15, 0.2) is 17.5 Å². The van der Waals surface area contributed by atoms with E-state index in [4.69, 9.17) is 9.47 Å². The summed E-state index contributed by atoms with van der Waals surface area (Å²) in [6.07, 6.45) is 2.68. The molecule has 6 nitrogen and oxygen atoms in total. The fourth-order valence-electron chi connectivity index (χ4n) is 2.60. The Morgan fingerprint density at radius 1 is 1.19 bits per heavy atom. The van der Waals surface area contributed by atoms with Crippen LogP contribution in [0.3, 0.4) is 0 Å². The third-order valence-corrected chi connectivity index (χ3v) is 3.99. The molecule has 0 spiro atoms. The molecule has 0 saturated heterocycles. The Hall–Kier alpha value is -2.03. The summed E-state index contributed by atoms with van der Waals surface area (Å²) in [5.74, 6) is 2.44. The zero-order valence-electron chi connectivity index (χ0n) is 15.1. The fraction of sp³-hybridized carbons (Fsp3) is 0.368. The highest BCUT2D eigenvalue weighted by atomic mass is 127. The van der Waals surface area contributed by atoms with E-state index in [1.54, 1.807) is 6.20 Å². The maximum Gasteiger partial charge on any atom is 0.231 e. The Morgan fingerprint density at radius 2 is 2.04 bits per heavy atom. The van der Waals surface area contributed by atoms with E-state index in [1.165, 1.54) is 5.56 Å². The maximum absolute atomic E-state index is 5.42. The number of rotatable bonds is 6. The molecular formula is C19H25IN4O2. The van der Waals surface area contributed by atoms with Crippen molar-refractivity contribution < 1.29 is 9.47 Å². The Morgan fingerprint density at radius 3 is 2.85 bits per heavy atom. The first-order valence-electron chi connectivity index (χ1n) is 8.57. The molecule has 1 aromatic carbocycles. The summed E-state index contributed by atoms with van der Waals surface area (Å²) in [6.45, 7) is 6.58. The molecule has 1 aliphatic heterocycles. The average molecular weight is 468 g/mol. The second kappa shape index (κ2) is 10.2. The summed E-state index contributed by atoms with van der Waals surface area (Å²) in [4.78, 5) is 9.00. The van der Waals surface area contributed by atoms with Gasteiger partial charge in [-0.2, -0.15) is 0 Å². The van der Waals surface area contributed by atoms with Gasteiger partial charge in [0, 0.05) is 19.3 Å². The monoisotopic (exact) mass is 468 g/mol. The van der Waals surface area contributed by atoms with Gasteiger partial charge >= 0.3 is 0 Å². The first-order valence-corrected chi connectivity index (χ1v) is 8.57. The lowest BCUT2D eigenvalue weighted by Crippen LogP contribution is -2.38. The smallest absolute Gasteiger partial charge is 0.231 e. The van der Waals surface area contributed by atoms with Crippen LogP contribution in [0.5, 0.6) is 11.5 Å². The van der Waals surface area contributed by atoms with E-state index < -0.39 is 0 Å². The van der Waals surface area contributed by atoms with Crippen molar-refractivity contribution in [3.05, 3.63) is 53.3 Å². The Bertz CT molecular complexity index is 752. The third kappa shape index (κ3) is 5.48. The number of hydrogen-bond donors (Lipinski definition) is 2. The molecule has 1 aromatic heterocycles. The van der Waals surface area contributed by atoms with Crippen LogP contribution in [-0.2, 0) is 13.0 Å². The summed E-state index contributed by atoms with van der Waals surface area (Å²) in [5.41, 5.74) is 3.35. The summed E-state index contributed by atoms with van der Waals surface area (Å²) in [5, 5.41) is 6.63. The van der Waals surface area contributed by atoms with Gasteiger partial charge in [0.05, 0.1) is 12.2 Å². The third-order valence-electron chi connectivity index (χ3n) is 3.99. The highest BCUT2D eigenvalue weighted by Crippen LogP contribution is 2.32. The molecule has 0 amide bonds. The van der Waals surface area contributed by atoms with Gasteiger partial charge in [0.2, 0.25) is 6.79 Å². The van der Waals surface area contributed by atoms with Gasteiger partial charge in [0.1, 0.15) is 0 Å². The van der Waals surface area contributed by atoms with Crippen LogP contribution in [0.25, 0.3) is 0 Å². The van der Waals surface area contributed by atoms with Crippen molar-refractivity contribution in [2.45, 2.75) is 26.8 Å². The normalized spacial score (nSPS) is 12.5. The molecule has 26 heavy (non-hydrogen) atoms. The molecule has 0 aliphatic carbocycles. The van der Waals surface area contributed by atoms with E-state index in [2.05, 4.69) is 46.6 Å². The van der Waals surface area contributed by atoms with Crippen molar-refractivity contribution in [2.24, 2.45) is 4.99 Å². The van der Waals surface area contributed by atoms with Gasteiger partial charge in [-0.25, -0.2) is 4.99 Å². The van der Waals surface area contributed by atoms with Crippen LogP contribution in [0.2, 0.25) is 0 Å². The molecule has 7 heteroatoms. The van der Waals surface area contributed by atoms with Gasteiger partial charge in [-0.05, 0) is 49.6 Å². The van der Waals surface area contributed by atoms with Crippen molar-refractivity contribution in [1.82, 2.24) is 15.6 Å². The number of guanidine groups is 1. The number of hydrogen-bond acceptors (Lipinski definition) is 4. The summed E-state index contributed by atoms with van der Waals surface area (Å²) >= 11 is 0. The number of aryl methyl sites for hydroxylation is 1. The lowest BCUT2D eigenvalue weighted by molar-refractivity contribution is 0.174. The number of aliphatic imine (C=N–C) groups is 1. The highest BCUT2D eigenvalue weighted by Gasteiger charge is 2.12. The van der Waals surface area contributed by atoms with Gasteiger partial charge in [-0.15, -0.1) is 24.0 Å². The number of ether oxygens (including phenoxy) is 2. The van der Waals surface area contributed by atoms with Crippen molar-refractivity contribution in [1.29, 1.82) is 0 Å². The molecule has 2 aromatic rings. The van der Waals surface area contributed by atoms with Crippen molar-refractivity contribution in [3.8, 4) is 11.5 Å². The van der Waals surface area contributed by atoms with Gasteiger partial charge in [-0.3, -0.25) is 4.98 Å². The van der Waals surface area contributed by atoms with Crippen LogP contribution in [0, 0.1) is 6.92 Å². The molecule has 0 atom stereocenters. The van der Waals surface area contributed by atoms with Gasteiger partial charge in [-0.1, -0.05) is 12.1 Å². The molecule has 3 rings (SSSR count). The van der Waals surface area contributed by atoms with Crippen molar-refractivity contribution >= 4 is 29.9 Å². The first-order chi connectivity index (χ1) is 12.3. The van der Waals surface area contributed by atoms with Gasteiger partial charge in [0.25, 0.3) is 0 Å². The Labute approximate surface area is 171 Å². The number of aromatic nitrogens is 1. The van der Waals surface area contributed by atoms with Crippen LogP contribution >= 0.6 is 24.0 Å². The maximum atomic E-state index is 5.42. The molecule has 2 N–H and O–H groups in total. The van der Waals surface area contributed by atoms with E-state index in [0.29, 0.717) is 13.3 Å². The molecule has 0 bridgehead atoms. The minimum Gasteiger partial charge on any atom is -0.454 e. The molecule has 0 radical (unpaired) electrons. The topological polar surface area (TPSA) is 67.8 Å². The number of benzene rings is 1. The lowest BCUT2D eigenvalue weighted by atomic mass is 10.1. The van der Waals surface area contributed by atoms with E-state index >= 15 is 0 Å². The van der Waals surface area contributed by atoms with E-state index in [-0.39, 0.29) is 24.0 Å². The molecule has 0 saturated carbocycles. The highest BCUT2D eigenvalue weighted by molar-refractivity contribution is 14.0. The Kier molecular flexibility index (Phi) is 7.96. The largest absolute Gasteiger partial charge is 0.454 e. The zero-order chi connectivity index (χ0) is 17.5. The van der Waals surface area contributed by atoms with E-state index in [9.17, 15) is 0 Å². The van der Waals surface area contributed by atoms with Crippen LogP contribution in [0.4, 0.5) is 0 Å². The van der Waals surface area contributed by atoms with Crippen LogP contribution in [-0.4, -0.2) is 30.8 Å². The van der Waals surface area contributed by atoms with Gasteiger partial charge < -0.3 is 20.1 Å². The number of pyridine rings is 1. The lowest BCUT2D eigenvalue weighted by Gasteiger charge is -2.12. The van der Waals surface area contributed by atoms with Crippen LogP contribution in [0.1, 0.15) is 23.7 Å². The standard InChI is InChI=1S/C19H24N4O2.HI/c1-3-20-19(23-12-16-14(2)5-4-9-21-16)22-10-8-15-6-7-17-18(11-15)25-13-24-17;/h4-7,9,11H,3,8,10,12-13H2,1-2H3,(H2,20,22,23);1H. The summed E-state index contributed by atoms with van der Waals surface area (Å²) in [6, 6.07) is 10.1. The van der Waals surface area contributed by atoms with E-state index in [0.717, 1.165) is 48.2 Å². The second-order valence-electron chi connectivity index (χ2n) is 5.83. The SMILES string of the molecule is CCNC(=NCc1ncccc1C)NCCc1ccc2c(c1)OCO2.I. The average Bonchev–Trinajstić information content (AvgIpc) is 3.08. The molecule has 0 unspecified atom stereocenters. The van der Waals surface area contributed by atoms with Crippen molar-refractivity contribution in [3.63, 3.8) is 0 Å². The number of fused-ring (bicyclic) bond motifs is 1. The molecule has 2 heterocycles. The van der Waals surface area contributed by atoms with Crippen LogP contribution in [0.15, 0.2) is 41.5 Å². The van der Waals surface area contributed by atoms with E-state index in [1.807, 2.05) is 18.2 Å². The minimum atomic E-state index is 0. The molecule has 140 valence electrons. The quantitative estimate of drug-likeness (QED) is 0.388. The molecule has 1 aliphatic rings. The zero-order valence-corrected chi connectivity index (χ0v) is 17.4. The first kappa shape index (κ1) is 20.3. The Balaban J connectivity index is 0.00000243. The van der Waals surface area contributed by atoms with Crippen LogP contribution < -0.4 is 20.1 Å². The summed E-state index contributed by atoms with van der Waals surface area (Å²) < 4.78 is 10.8. The predicted molar refractivity (Wildman–Crippen MR) is 113 cm³/mol. The number of nitrogens with zero attached hydrogens (tertiary/aromatic N) is 2. The predicted octanol–water partition coefficient (Wildman–Crippen LogP) is 3.03. The summed E-state index contributed by atoms with van der Waals surface area (Å²) in [7, 11) is 0. The van der Waals surface area contributed by atoms with Crippen molar-refractivity contribution in [2.75, 3.05) is 19.9 Å². The molecule has 0 fully saturated rings. The minimum absolute atomic E-state index is 0. The fourth-order valence-corrected chi connectivity index (χ4v) is 2.60.